The molecule has 0 aliphatic rings. The molecule has 1 unspecified atom stereocenters. The number of nitrogens with zero attached hydrogens (tertiary/aromatic N) is 1. The van der Waals surface area contributed by atoms with Gasteiger partial charge in [0.1, 0.15) is 19.8 Å². The van der Waals surface area contributed by atoms with Crippen LogP contribution in [-0.4, -0.2) is 70.0 Å². The topological polar surface area (TPSA) is 111 Å². The number of unbranched alkanes of at least 4 members (excludes halogenated alkanes) is 10. The van der Waals surface area contributed by atoms with Gasteiger partial charge >= 0.3 is 11.9 Å². The summed E-state index contributed by atoms with van der Waals surface area (Å²) in [4.78, 5) is 37.5. The Morgan fingerprint density at radius 1 is 0.561 bits per heavy atom. The Morgan fingerprint density at radius 3 is 1.56 bits per heavy atom. The smallest absolute Gasteiger partial charge is 0.306 e. The Morgan fingerprint density at radius 2 is 1.04 bits per heavy atom. The molecule has 0 radical (unpaired) electrons. The number of phosphoric ester groups is 1. The normalized spacial score (nSPS) is 14.4. The van der Waals surface area contributed by atoms with Gasteiger partial charge in [-0.2, -0.15) is 0 Å². The summed E-state index contributed by atoms with van der Waals surface area (Å²) in [6.45, 7) is 3.98. The predicted molar refractivity (Wildman–Crippen MR) is 236 cm³/mol. The molecule has 2 atom stereocenters. The number of carbonyl (C=O) groups excluding carboxylic acids is 2. The lowest BCUT2D eigenvalue weighted by Crippen LogP contribution is -2.37. The minimum absolute atomic E-state index is 0.0479. The number of ether oxygens (including phenoxy) is 2. The van der Waals surface area contributed by atoms with E-state index >= 15 is 0 Å². The van der Waals surface area contributed by atoms with Gasteiger partial charge in [-0.1, -0.05) is 144 Å². The molecule has 0 aliphatic carbocycles. The molecule has 57 heavy (non-hydrogen) atoms. The van der Waals surface area contributed by atoms with E-state index in [1.165, 1.54) is 32.1 Å². The highest BCUT2D eigenvalue weighted by Gasteiger charge is 2.21. The summed E-state index contributed by atoms with van der Waals surface area (Å²) < 4.78 is 33.8. The number of likely N-dealkylation sites (N-methyl/N-ethyl adjacent to an activating group) is 1. The van der Waals surface area contributed by atoms with E-state index < -0.39 is 32.5 Å². The van der Waals surface area contributed by atoms with E-state index in [1.54, 1.807) is 0 Å². The molecule has 0 bridgehead atoms. The van der Waals surface area contributed by atoms with Crippen LogP contribution in [0, 0.1) is 0 Å². The van der Waals surface area contributed by atoms with Crippen LogP contribution in [0.25, 0.3) is 0 Å². The van der Waals surface area contributed by atoms with Crippen molar-refractivity contribution in [3.63, 3.8) is 0 Å². The quantitative estimate of drug-likeness (QED) is 0.0199. The average Bonchev–Trinajstić information content (AvgIpc) is 3.16. The van der Waals surface area contributed by atoms with Gasteiger partial charge in [0.05, 0.1) is 27.7 Å². The number of rotatable bonds is 38. The predicted octanol–water partition coefficient (Wildman–Crippen LogP) is 11.8. The van der Waals surface area contributed by atoms with Crippen LogP contribution >= 0.6 is 7.82 Å². The number of quaternary nitrogens is 1. The second-order valence-corrected chi connectivity index (χ2v) is 16.7. The molecule has 9 nitrogen and oxygen atoms in total. The molecule has 0 aromatic carbocycles. The Bertz CT molecular complexity index is 1240. The number of hydrogen-bond acceptors (Lipinski definition) is 8. The molecule has 0 aliphatic heterocycles. The largest absolute Gasteiger partial charge is 0.756 e. The molecule has 0 aromatic rings. The van der Waals surface area contributed by atoms with Crippen molar-refractivity contribution in [2.45, 2.75) is 155 Å². The molecule has 0 saturated heterocycles. The highest BCUT2D eigenvalue weighted by molar-refractivity contribution is 7.45. The number of allylic oxidation sites excluding steroid dienone is 14. The molecule has 0 saturated carbocycles. The van der Waals surface area contributed by atoms with Crippen LogP contribution < -0.4 is 4.89 Å². The summed E-state index contributed by atoms with van der Waals surface area (Å²) in [6.07, 6.45) is 49.1. The fraction of sp³-hybridized carbons (Fsp3) is 0.660. The Labute approximate surface area is 348 Å². The summed E-state index contributed by atoms with van der Waals surface area (Å²) >= 11 is 0. The van der Waals surface area contributed by atoms with Crippen LogP contribution in [-0.2, 0) is 32.7 Å². The van der Waals surface area contributed by atoms with Gasteiger partial charge in [-0.15, -0.1) is 0 Å². The first-order valence-corrected chi connectivity index (χ1v) is 23.3. The second-order valence-electron chi connectivity index (χ2n) is 15.3. The zero-order valence-corrected chi connectivity index (χ0v) is 37.4. The van der Waals surface area contributed by atoms with Crippen LogP contribution in [0.15, 0.2) is 85.1 Å². The lowest BCUT2D eigenvalue weighted by molar-refractivity contribution is -0.870. The Hall–Kier alpha value is -2.81. The molecular formula is C47H80NO8P. The third kappa shape index (κ3) is 42.6. The summed E-state index contributed by atoms with van der Waals surface area (Å²) in [6, 6.07) is 0. The summed E-state index contributed by atoms with van der Waals surface area (Å²) in [5.41, 5.74) is 0. The third-order valence-electron chi connectivity index (χ3n) is 8.66. The van der Waals surface area contributed by atoms with E-state index in [1.807, 2.05) is 33.3 Å². The molecular weight excluding hydrogens is 737 g/mol. The van der Waals surface area contributed by atoms with Gasteiger partial charge in [-0.3, -0.25) is 14.2 Å². The minimum Gasteiger partial charge on any atom is -0.756 e. The van der Waals surface area contributed by atoms with Gasteiger partial charge in [0.15, 0.2) is 6.10 Å². The van der Waals surface area contributed by atoms with Crippen molar-refractivity contribution in [3.05, 3.63) is 85.1 Å². The van der Waals surface area contributed by atoms with E-state index in [2.05, 4.69) is 86.8 Å². The van der Waals surface area contributed by atoms with Crippen molar-refractivity contribution < 1.29 is 42.1 Å². The maximum atomic E-state index is 12.7. The lowest BCUT2D eigenvalue weighted by Gasteiger charge is -2.28. The fourth-order valence-corrected chi connectivity index (χ4v) is 5.99. The van der Waals surface area contributed by atoms with Crippen LogP contribution in [0.2, 0.25) is 0 Å². The summed E-state index contributed by atoms with van der Waals surface area (Å²) in [7, 11) is 1.11. The molecule has 0 heterocycles. The molecule has 0 rings (SSSR count). The monoisotopic (exact) mass is 818 g/mol. The number of carbonyl (C=O) groups is 2. The van der Waals surface area contributed by atoms with Crippen molar-refractivity contribution in [2.75, 3.05) is 47.5 Å². The van der Waals surface area contributed by atoms with Crippen molar-refractivity contribution in [1.82, 2.24) is 0 Å². The maximum Gasteiger partial charge on any atom is 0.306 e. The molecule has 0 fully saturated rings. The Kier molecular flexibility index (Phi) is 36.8. The Balaban J connectivity index is 4.51. The first-order chi connectivity index (χ1) is 27.5. The van der Waals surface area contributed by atoms with E-state index in [4.69, 9.17) is 18.5 Å². The van der Waals surface area contributed by atoms with Gasteiger partial charge in [0.2, 0.25) is 0 Å². The first kappa shape index (κ1) is 54.2. The third-order valence-corrected chi connectivity index (χ3v) is 9.63. The number of esters is 2. The van der Waals surface area contributed by atoms with Crippen LogP contribution in [0.4, 0.5) is 0 Å². The summed E-state index contributed by atoms with van der Waals surface area (Å²) in [5.74, 6) is -0.951. The van der Waals surface area contributed by atoms with E-state index in [0.29, 0.717) is 23.9 Å². The maximum absolute atomic E-state index is 12.7. The molecule has 326 valence electrons. The van der Waals surface area contributed by atoms with Gasteiger partial charge in [-0.05, 0) is 77.0 Å². The van der Waals surface area contributed by atoms with Gasteiger partial charge in [0, 0.05) is 12.8 Å². The van der Waals surface area contributed by atoms with E-state index in [0.717, 1.165) is 77.0 Å². The average molecular weight is 818 g/mol. The van der Waals surface area contributed by atoms with Crippen molar-refractivity contribution in [3.8, 4) is 0 Å². The fourth-order valence-electron chi connectivity index (χ4n) is 5.26. The molecule has 0 spiro atoms. The van der Waals surface area contributed by atoms with E-state index in [9.17, 15) is 19.0 Å². The lowest BCUT2D eigenvalue weighted by atomic mass is 10.1. The van der Waals surface area contributed by atoms with Crippen LogP contribution in [0.5, 0.6) is 0 Å². The summed E-state index contributed by atoms with van der Waals surface area (Å²) in [5, 5.41) is 0. The van der Waals surface area contributed by atoms with Gasteiger partial charge in [-0.25, -0.2) is 0 Å². The molecule has 0 N–H and O–H groups in total. The van der Waals surface area contributed by atoms with Crippen molar-refractivity contribution in [2.24, 2.45) is 0 Å². The zero-order chi connectivity index (χ0) is 42.1. The van der Waals surface area contributed by atoms with Crippen molar-refractivity contribution in [1.29, 1.82) is 0 Å². The number of phosphoric acid groups is 1. The zero-order valence-electron chi connectivity index (χ0n) is 36.5. The molecule has 10 heteroatoms. The van der Waals surface area contributed by atoms with Gasteiger partial charge in [0.25, 0.3) is 7.82 Å². The molecule has 0 aromatic heterocycles. The van der Waals surface area contributed by atoms with E-state index in [-0.39, 0.29) is 26.1 Å². The van der Waals surface area contributed by atoms with Crippen LogP contribution in [0.3, 0.4) is 0 Å². The molecule has 0 amide bonds. The number of hydrogen-bond donors (Lipinski definition) is 0. The van der Waals surface area contributed by atoms with Crippen molar-refractivity contribution >= 4 is 19.8 Å². The van der Waals surface area contributed by atoms with Crippen LogP contribution in [0.1, 0.15) is 149 Å². The standard InChI is InChI=1S/C47H80NO8P/c1-6-8-10-12-14-16-18-20-22-23-24-25-26-28-29-31-33-35-37-39-46(49)53-43-45(44-55-57(51,52)54-42-41-48(3,4)5)56-47(50)40-38-36-34-32-30-27-21-19-17-15-13-11-9-7-2/h8,10,14,16,19-22,24-25,28-29,33,35,45H,6-7,9,11-13,15,17-18,23,26-27,30-32,34,36-44H2,1-5H3/b10-8-,16-14-,21-19-,22-20-,25-24-,29-28-,35-33-/t45-/m1/s1. The SMILES string of the molecule is CC/C=C\C/C=C\C/C=C\C/C=C\C/C=C\C/C=C\CCC(=O)OC[C@H](COP(=O)([O-])OCC[N+](C)(C)C)OC(=O)CCCCCCC/C=C\CCCCCCC. The van der Waals surface area contributed by atoms with Gasteiger partial charge < -0.3 is 27.9 Å². The minimum atomic E-state index is -4.65. The first-order valence-electron chi connectivity index (χ1n) is 21.8. The highest BCUT2D eigenvalue weighted by Crippen LogP contribution is 2.38. The second kappa shape index (κ2) is 38.7. The highest BCUT2D eigenvalue weighted by atomic mass is 31.2.